The van der Waals surface area contributed by atoms with E-state index in [9.17, 15) is 0 Å². The molecule has 1 atom stereocenters. The summed E-state index contributed by atoms with van der Waals surface area (Å²) in [7, 11) is 1.94. The second-order valence-corrected chi connectivity index (χ2v) is 4.68. The molecule has 0 spiro atoms. The monoisotopic (exact) mass is 259 g/mol. The van der Waals surface area contributed by atoms with Gasteiger partial charge in [0.05, 0.1) is 24.9 Å². The third-order valence-electron chi connectivity index (χ3n) is 3.33. The van der Waals surface area contributed by atoms with Crippen LogP contribution in [-0.4, -0.2) is 33.1 Å². The first-order valence-electron chi connectivity index (χ1n) is 6.43. The molecular weight excluding hydrogens is 242 g/mol. The lowest BCUT2D eigenvalue weighted by molar-refractivity contribution is 0.0956. The number of rotatable bonds is 4. The molecule has 0 saturated heterocycles. The van der Waals surface area contributed by atoms with Crippen LogP contribution in [0.3, 0.4) is 0 Å². The third kappa shape index (κ3) is 2.64. The molecule has 1 aliphatic rings. The van der Waals surface area contributed by atoms with Crippen LogP contribution < -0.4 is 5.32 Å². The van der Waals surface area contributed by atoms with Crippen molar-refractivity contribution in [2.75, 3.05) is 13.2 Å². The maximum Gasteiger partial charge on any atom is 0.105 e. The highest BCUT2D eigenvalue weighted by atomic mass is 16.5. The summed E-state index contributed by atoms with van der Waals surface area (Å²) in [6.07, 6.45) is 4.55. The van der Waals surface area contributed by atoms with Crippen molar-refractivity contribution in [3.63, 3.8) is 0 Å². The first-order valence-corrected chi connectivity index (χ1v) is 6.43. The lowest BCUT2D eigenvalue weighted by Gasteiger charge is -2.22. The zero-order valence-corrected chi connectivity index (χ0v) is 10.9. The van der Waals surface area contributed by atoms with E-state index in [1.165, 1.54) is 5.69 Å². The molecule has 19 heavy (non-hydrogen) atoms. The zero-order valence-electron chi connectivity index (χ0n) is 10.9. The van der Waals surface area contributed by atoms with Crippen molar-refractivity contribution in [2.24, 2.45) is 7.05 Å². The first-order chi connectivity index (χ1) is 9.34. The third-order valence-corrected chi connectivity index (χ3v) is 3.33. The van der Waals surface area contributed by atoms with Gasteiger partial charge >= 0.3 is 0 Å². The largest absolute Gasteiger partial charge is 0.375 e. The van der Waals surface area contributed by atoms with Gasteiger partial charge in [0.2, 0.25) is 0 Å². The van der Waals surface area contributed by atoms with Gasteiger partial charge in [-0.25, -0.2) is 0 Å². The smallest absolute Gasteiger partial charge is 0.105 e. The maximum absolute atomic E-state index is 5.75. The van der Waals surface area contributed by atoms with Crippen molar-refractivity contribution in [3.05, 3.63) is 41.5 Å². The summed E-state index contributed by atoms with van der Waals surface area (Å²) in [5, 5.41) is 11.7. The van der Waals surface area contributed by atoms with E-state index in [0.717, 1.165) is 24.2 Å². The summed E-state index contributed by atoms with van der Waals surface area (Å²) in [5.41, 5.74) is 3.30. The second kappa shape index (κ2) is 5.46. The fraction of sp³-hybridized carbons (Fsp3) is 0.462. The highest BCUT2D eigenvalue weighted by Gasteiger charge is 2.24. The molecule has 0 bridgehead atoms. The Morgan fingerprint density at radius 1 is 1.53 bits per heavy atom. The normalized spacial score (nSPS) is 18.3. The predicted molar refractivity (Wildman–Crippen MR) is 69.3 cm³/mol. The Bertz CT molecular complexity index is 539. The van der Waals surface area contributed by atoms with E-state index < -0.39 is 0 Å². The minimum Gasteiger partial charge on any atom is -0.375 e. The molecule has 2 aromatic rings. The van der Waals surface area contributed by atoms with Gasteiger partial charge in [-0.2, -0.15) is 0 Å². The topological polar surface area (TPSA) is 64.9 Å². The summed E-state index contributed by atoms with van der Waals surface area (Å²) >= 11 is 0. The van der Waals surface area contributed by atoms with E-state index in [4.69, 9.17) is 4.74 Å². The summed E-state index contributed by atoms with van der Waals surface area (Å²) in [6, 6.07) is 4.06. The lowest BCUT2D eigenvalue weighted by Crippen LogP contribution is -2.33. The molecular formula is C13H17N5O. The molecule has 0 aliphatic carbocycles. The van der Waals surface area contributed by atoms with Crippen molar-refractivity contribution >= 4 is 0 Å². The number of aryl methyl sites for hydroxylation is 1. The molecule has 6 heteroatoms. The zero-order chi connectivity index (χ0) is 13.1. The Morgan fingerprint density at radius 3 is 3.32 bits per heavy atom. The van der Waals surface area contributed by atoms with Gasteiger partial charge < -0.3 is 10.1 Å². The Balaban J connectivity index is 1.59. The van der Waals surface area contributed by atoms with E-state index in [0.29, 0.717) is 13.2 Å². The van der Waals surface area contributed by atoms with Crippen LogP contribution in [-0.2, 0) is 24.8 Å². The minimum atomic E-state index is 0.133. The standard InChI is InChI=1S/C13H17N5O/c1-18-12-4-6-15-11(13(12)16-17-18)9-19-8-10-3-2-5-14-7-10/h2-3,5,7,11,15H,4,6,8-9H2,1H3/t11-/m1/s1. The van der Waals surface area contributed by atoms with Crippen LogP contribution in [0, 0.1) is 0 Å². The molecule has 0 amide bonds. The SMILES string of the molecule is Cn1nnc2c1CCN[C@@H]2COCc1cccnc1. The highest BCUT2D eigenvalue weighted by molar-refractivity contribution is 5.18. The number of fused-ring (bicyclic) bond motifs is 1. The van der Waals surface area contributed by atoms with E-state index >= 15 is 0 Å². The molecule has 0 unspecified atom stereocenters. The Hall–Kier alpha value is -1.79. The van der Waals surface area contributed by atoms with Crippen LogP contribution >= 0.6 is 0 Å². The highest BCUT2D eigenvalue weighted by Crippen LogP contribution is 2.20. The fourth-order valence-corrected chi connectivity index (χ4v) is 2.33. The number of aromatic nitrogens is 4. The predicted octanol–water partition coefficient (Wildman–Crippen LogP) is 0.614. The molecule has 3 heterocycles. The number of pyridine rings is 1. The quantitative estimate of drug-likeness (QED) is 0.871. The number of ether oxygens (including phenoxy) is 1. The van der Waals surface area contributed by atoms with E-state index in [-0.39, 0.29) is 6.04 Å². The summed E-state index contributed by atoms with van der Waals surface area (Å²) < 4.78 is 7.60. The van der Waals surface area contributed by atoms with Crippen LogP contribution in [0.25, 0.3) is 0 Å². The van der Waals surface area contributed by atoms with Crippen LogP contribution in [0.5, 0.6) is 0 Å². The van der Waals surface area contributed by atoms with Gasteiger partial charge in [-0.1, -0.05) is 11.3 Å². The molecule has 3 rings (SSSR count). The molecule has 100 valence electrons. The van der Waals surface area contributed by atoms with E-state index in [1.807, 2.05) is 30.1 Å². The molecule has 0 radical (unpaired) electrons. The van der Waals surface area contributed by atoms with Crippen LogP contribution in [0.2, 0.25) is 0 Å². The van der Waals surface area contributed by atoms with Crippen molar-refractivity contribution in [3.8, 4) is 0 Å². The molecule has 0 fully saturated rings. The molecule has 1 aliphatic heterocycles. The molecule has 0 aromatic carbocycles. The van der Waals surface area contributed by atoms with Gasteiger partial charge in [0, 0.05) is 32.4 Å². The van der Waals surface area contributed by atoms with Gasteiger partial charge in [0.15, 0.2) is 0 Å². The Morgan fingerprint density at radius 2 is 2.47 bits per heavy atom. The van der Waals surface area contributed by atoms with Gasteiger partial charge in [0.25, 0.3) is 0 Å². The van der Waals surface area contributed by atoms with Crippen LogP contribution in [0.4, 0.5) is 0 Å². The number of nitrogens with one attached hydrogen (secondary N) is 1. The Labute approximate surface area is 111 Å². The number of nitrogens with zero attached hydrogens (tertiary/aromatic N) is 4. The molecule has 2 aromatic heterocycles. The average Bonchev–Trinajstić information content (AvgIpc) is 2.83. The van der Waals surface area contributed by atoms with E-state index in [2.05, 4.69) is 20.6 Å². The summed E-state index contributed by atoms with van der Waals surface area (Å²) in [5.74, 6) is 0. The number of hydrogen-bond acceptors (Lipinski definition) is 5. The van der Waals surface area contributed by atoms with Crippen molar-refractivity contribution in [1.29, 1.82) is 0 Å². The van der Waals surface area contributed by atoms with Crippen LogP contribution in [0.1, 0.15) is 23.0 Å². The van der Waals surface area contributed by atoms with Crippen molar-refractivity contribution < 1.29 is 4.74 Å². The van der Waals surface area contributed by atoms with E-state index in [1.54, 1.807) is 6.20 Å². The number of hydrogen-bond donors (Lipinski definition) is 1. The van der Waals surface area contributed by atoms with Crippen LogP contribution in [0.15, 0.2) is 24.5 Å². The fourth-order valence-electron chi connectivity index (χ4n) is 2.33. The second-order valence-electron chi connectivity index (χ2n) is 4.68. The van der Waals surface area contributed by atoms with Gasteiger partial charge in [-0.15, -0.1) is 5.10 Å². The van der Waals surface area contributed by atoms with Gasteiger partial charge in [0.1, 0.15) is 5.69 Å². The Kier molecular flexibility index (Phi) is 3.52. The van der Waals surface area contributed by atoms with Gasteiger partial charge in [-0.3, -0.25) is 9.67 Å². The lowest BCUT2D eigenvalue weighted by atomic mass is 10.1. The molecule has 6 nitrogen and oxygen atoms in total. The average molecular weight is 259 g/mol. The summed E-state index contributed by atoms with van der Waals surface area (Å²) in [4.78, 5) is 4.07. The van der Waals surface area contributed by atoms with Crippen molar-refractivity contribution in [1.82, 2.24) is 25.3 Å². The first kappa shape index (κ1) is 12.3. The minimum absolute atomic E-state index is 0.133. The molecule has 1 N–H and O–H groups in total. The summed E-state index contributed by atoms with van der Waals surface area (Å²) in [6.45, 7) is 2.11. The maximum atomic E-state index is 5.75. The van der Waals surface area contributed by atoms with Gasteiger partial charge in [-0.05, 0) is 11.6 Å². The van der Waals surface area contributed by atoms with Crippen molar-refractivity contribution in [2.45, 2.75) is 19.1 Å². The molecule has 0 saturated carbocycles.